The van der Waals surface area contributed by atoms with E-state index in [9.17, 15) is 4.79 Å². The van der Waals surface area contributed by atoms with Gasteiger partial charge in [0.05, 0.1) is 11.3 Å². The lowest BCUT2D eigenvalue weighted by Crippen LogP contribution is -2.35. The van der Waals surface area contributed by atoms with Crippen LogP contribution >= 0.6 is 11.6 Å². The van der Waals surface area contributed by atoms with Gasteiger partial charge in [0, 0.05) is 42.4 Å². The Balaban J connectivity index is 1.40. The SMILES string of the molecule is O=C(c1c(Cl)n[nH]c1C1CC1)N1CC=C(c2c[nH]c3ncccc23)CC1. The fraction of sp³-hybridized carbons (Fsp3) is 0.316. The van der Waals surface area contributed by atoms with Gasteiger partial charge >= 0.3 is 0 Å². The van der Waals surface area contributed by atoms with E-state index in [1.165, 1.54) is 11.1 Å². The molecule has 0 radical (unpaired) electrons. The first-order chi connectivity index (χ1) is 12.7. The van der Waals surface area contributed by atoms with E-state index in [0.717, 1.165) is 36.0 Å². The minimum absolute atomic E-state index is 0.0263. The van der Waals surface area contributed by atoms with Gasteiger partial charge in [-0.1, -0.05) is 17.7 Å². The van der Waals surface area contributed by atoms with Crippen LogP contribution in [0.3, 0.4) is 0 Å². The molecular formula is C19H18ClN5O. The molecule has 1 fully saturated rings. The number of H-pyrrole nitrogens is 2. The van der Waals surface area contributed by atoms with Crippen molar-refractivity contribution >= 4 is 34.1 Å². The zero-order chi connectivity index (χ0) is 17.7. The molecular weight excluding hydrogens is 350 g/mol. The van der Waals surface area contributed by atoms with Gasteiger partial charge in [-0.3, -0.25) is 9.89 Å². The van der Waals surface area contributed by atoms with Gasteiger partial charge in [-0.25, -0.2) is 4.98 Å². The predicted molar refractivity (Wildman–Crippen MR) is 100 cm³/mol. The molecule has 6 nitrogen and oxygen atoms in total. The molecule has 0 aromatic carbocycles. The normalized spacial score (nSPS) is 17.6. The predicted octanol–water partition coefficient (Wildman–Crippen LogP) is 3.75. The van der Waals surface area contributed by atoms with E-state index in [1.807, 2.05) is 17.2 Å². The minimum Gasteiger partial charge on any atom is -0.346 e. The van der Waals surface area contributed by atoms with Gasteiger partial charge < -0.3 is 9.88 Å². The molecule has 26 heavy (non-hydrogen) atoms. The van der Waals surface area contributed by atoms with Crippen molar-refractivity contribution in [1.29, 1.82) is 0 Å². The Morgan fingerprint density at radius 3 is 3.00 bits per heavy atom. The van der Waals surface area contributed by atoms with Gasteiger partial charge in [-0.15, -0.1) is 0 Å². The van der Waals surface area contributed by atoms with Crippen molar-refractivity contribution in [1.82, 2.24) is 25.1 Å². The van der Waals surface area contributed by atoms with Crippen LogP contribution in [0.5, 0.6) is 0 Å². The van der Waals surface area contributed by atoms with Crippen LogP contribution in [-0.2, 0) is 0 Å². The number of fused-ring (bicyclic) bond motifs is 1. The number of aromatic nitrogens is 4. The van der Waals surface area contributed by atoms with Crippen molar-refractivity contribution in [2.75, 3.05) is 13.1 Å². The van der Waals surface area contributed by atoms with Gasteiger partial charge in [-0.05, 0) is 37.0 Å². The smallest absolute Gasteiger partial charge is 0.259 e. The highest BCUT2D eigenvalue weighted by Gasteiger charge is 2.34. The van der Waals surface area contributed by atoms with E-state index in [0.29, 0.717) is 24.6 Å². The molecule has 7 heteroatoms. The first kappa shape index (κ1) is 15.6. The van der Waals surface area contributed by atoms with Crippen LogP contribution < -0.4 is 0 Å². The van der Waals surface area contributed by atoms with Gasteiger partial charge in [0.2, 0.25) is 0 Å². The summed E-state index contributed by atoms with van der Waals surface area (Å²) in [7, 11) is 0. The highest BCUT2D eigenvalue weighted by Crippen LogP contribution is 2.42. The molecule has 1 aliphatic carbocycles. The Labute approximate surface area is 155 Å². The van der Waals surface area contributed by atoms with Crippen molar-refractivity contribution in [3.63, 3.8) is 0 Å². The molecule has 0 spiro atoms. The van der Waals surface area contributed by atoms with E-state index in [1.54, 1.807) is 6.20 Å². The third-order valence-corrected chi connectivity index (χ3v) is 5.52. The number of nitrogens with one attached hydrogen (secondary N) is 2. The Morgan fingerprint density at radius 1 is 1.35 bits per heavy atom. The summed E-state index contributed by atoms with van der Waals surface area (Å²) in [6.07, 6.45) is 8.90. The molecule has 3 aromatic heterocycles. The second-order valence-electron chi connectivity index (χ2n) is 6.91. The van der Waals surface area contributed by atoms with E-state index >= 15 is 0 Å². The summed E-state index contributed by atoms with van der Waals surface area (Å²) in [6, 6.07) is 4.01. The van der Waals surface area contributed by atoms with Crippen molar-refractivity contribution in [3.8, 4) is 0 Å². The van der Waals surface area contributed by atoms with Crippen LogP contribution in [-0.4, -0.2) is 44.1 Å². The second kappa shape index (κ2) is 5.99. The third-order valence-electron chi connectivity index (χ3n) is 5.24. The van der Waals surface area contributed by atoms with Gasteiger partial charge in [-0.2, -0.15) is 5.10 Å². The number of pyridine rings is 1. The molecule has 1 amide bonds. The van der Waals surface area contributed by atoms with Gasteiger partial charge in [0.1, 0.15) is 5.65 Å². The molecule has 4 heterocycles. The molecule has 0 atom stereocenters. The molecule has 1 aliphatic heterocycles. The van der Waals surface area contributed by atoms with Crippen LogP contribution in [0.15, 0.2) is 30.6 Å². The van der Waals surface area contributed by atoms with Crippen LogP contribution in [0.25, 0.3) is 16.6 Å². The topological polar surface area (TPSA) is 77.7 Å². The average Bonchev–Trinajstić information content (AvgIpc) is 3.31. The summed E-state index contributed by atoms with van der Waals surface area (Å²) in [4.78, 5) is 22.4. The van der Waals surface area contributed by atoms with Crippen LogP contribution in [0, 0.1) is 0 Å². The summed E-state index contributed by atoms with van der Waals surface area (Å²) in [5, 5.41) is 8.41. The molecule has 3 aromatic rings. The highest BCUT2D eigenvalue weighted by molar-refractivity contribution is 6.32. The minimum atomic E-state index is -0.0263. The second-order valence-corrected chi connectivity index (χ2v) is 7.27. The van der Waals surface area contributed by atoms with Crippen molar-refractivity contribution in [2.45, 2.75) is 25.2 Å². The Morgan fingerprint density at radius 2 is 2.23 bits per heavy atom. The highest BCUT2D eigenvalue weighted by atomic mass is 35.5. The first-order valence-electron chi connectivity index (χ1n) is 8.87. The van der Waals surface area contributed by atoms with Gasteiger partial charge in [0.25, 0.3) is 5.91 Å². The largest absolute Gasteiger partial charge is 0.346 e. The maximum atomic E-state index is 13.0. The molecule has 0 bridgehead atoms. The van der Waals surface area contributed by atoms with Gasteiger partial charge in [0.15, 0.2) is 5.15 Å². The maximum absolute atomic E-state index is 13.0. The lowest BCUT2D eigenvalue weighted by molar-refractivity contribution is 0.0772. The number of aromatic amines is 2. The van der Waals surface area contributed by atoms with E-state index in [4.69, 9.17) is 11.6 Å². The Bertz CT molecular complexity index is 1030. The first-order valence-corrected chi connectivity index (χ1v) is 9.24. The van der Waals surface area contributed by atoms with Crippen molar-refractivity contribution in [3.05, 3.63) is 52.6 Å². The van der Waals surface area contributed by atoms with Crippen LogP contribution in [0.1, 0.15) is 46.8 Å². The van der Waals surface area contributed by atoms with E-state index in [2.05, 4.69) is 32.3 Å². The summed E-state index contributed by atoms with van der Waals surface area (Å²) < 4.78 is 0. The van der Waals surface area contributed by atoms with Crippen molar-refractivity contribution in [2.24, 2.45) is 0 Å². The number of hydrogen-bond acceptors (Lipinski definition) is 3. The maximum Gasteiger partial charge on any atom is 0.259 e. The standard InChI is InChI=1S/C19H18ClN5O/c20-17-15(16(23-24-17)12-3-4-12)19(26)25-8-5-11(6-9-25)14-10-22-18-13(14)2-1-7-21-18/h1-2,5,7,10,12H,3-4,6,8-9H2,(H,21,22)(H,23,24). The summed E-state index contributed by atoms with van der Waals surface area (Å²) in [5.41, 5.74) is 4.76. The zero-order valence-electron chi connectivity index (χ0n) is 14.1. The monoisotopic (exact) mass is 367 g/mol. The molecule has 0 saturated heterocycles. The number of hydrogen-bond donors (Lipinski definition) is 2. The van der Waals surface area contributed by atoms with Crippen LogP contribution in [0.4, 0.5) is 0 Å². The van der Waals surface area contributed by atoms with E-state index in [-0.39, 0.29) is 11.1 Å². The number of halogens is 1. The number of carbonyl (C=O) groups excluding carboxylic acids is 1. The third kappa shape index (κ3) is 2.52. The lowest BCUT2D eigenvalue weighted by atomic mass is 9.99. The number of rotatable bonds is 3. The molecule has 1 saturated carbocycles. The fourth-order valence-corrected chi connectivity index (χ4v) is 3.91. The molecule has 132 valence electrons. The summed E-state index contributed by atoms with van der Waals surface area (Å²) in [6.45, 7) is 1.25. The molecule has 2 N–H and O–H groups in total. The lowest BCUT2D eigenvalue weighted by Gasteiger charge is -2.26. The van der Waals surface area contributed by atoms with Crippen molar-refractivity contribution < 1.29 is 4.79 Å². The van der Waals surface area contributed by atoms with Crippen LogP contribution in [0.2, 0.25) is 5.15 Å². The molecule has 0 unspecified atom stereocenters. The number of amides is 1. The summed E-state index contributed by atoms with van der Waals surface area (Å²) in [5.74, 6) is 0.380. The Hall–Kier alpha value is -2.60. The summed E-state index contributed by atoms with van der Waals surface area (Å²) >= 11 is 6.19. The number of carbonyl (C=O) groups is 1. The quantitative estimate of drug-likeness (QED) is 0.740. The van der Waals surface area contributed by atoms with E-state index < -0.39 is 0 Å². The number of nitrogens with zero attached hydrogens (tertiary/aromatic N) is 3. The fourth-order valence-electron chi connectivity index (χ4n) is 3.68. The molecule has 5 rings (SSSR count). The zero-order valence-corrected chi connectivity index (χ0v) is 14.9. The molecule has 2 aliphatic rings. The Kier molecular flexibility index (Phi) is 3.60. The average molecular weight is 368 g/mol.